The minimum absolute atomic E-state index is 0.0850. The van der Waals surface area contributed by atoms with Gasteiger partial charge in [-0.25, -0.2) is 9.97 Å². The summed E-state index contributed by atoms with van der Waals surface area (Å²) in [4.78, 5) is 38.4. The number of hydrogen-bond acceptors (Lipinski definition) is 7. The summed E-state index contributed by atoms with van der Waals surface area (Å²) >= 11 is 2.68. The van der Waals surface area contributed by atoms with E-state index in [-0.39, 0.29) is 11.6 Å². The van der Waals surface area contributed by atoms with Crippen molar-refractivity contribution >= 4 is 51.3 Å². The van der Waals surface area contributed by atoms with Gasteiger partial charge in [-0.3, -0.25) is 14.9 Å². The number of fused-ring (bicyclic) bond motifs is 1. The minimum Gasteiger partial charge on any atom is -0.346 e. The molecule has 4 aromatic rings. The monoisotopic (exact) mass is 477 g/mol. The molecule has 0 saturated heterocycles. The van der Waals surface area contributed by atoms with Crippen LogP contribution in [0.3, 0.4) is 0 Å². The largest absolute Gasteiger partial charge is 0.346 e. The number of benzene rings is 1. The first-order valence-corrected chi connectivity index (χ1v) is 12.0. The van der Waals surface area contributed by atoms with Crippen LogP contribution < -0.4 is 0 Å². The lowest BCUT2D eigenvalue weighted by Crippen LogP contribution is -2.34. The predicted molar refractivity (Wildman–Crippen MR) is 129 cm³/mol. The molecule has 3 aromatic heterocycles. The fraction of sp³-hybridized carbons (Fsp3) is 0.174. The standard InChI is InChI=1S/C23H19N5O3S2/c1-14-13-32-23(26-14)33-20-5-4-16(11-19(20)28(30)31)22(29)27-9-6-15(7-10-27)18-12-25-21-17(18)3-2-8-24-21/h2-6,8,11-13H,7,9-10H2,1H3,(H,24,25). The predicted octanol–water partition coefficient (Wildman–Crippen LogP) is 5.32. The van der Waals surface area contributed by atoms with Crippen LogP contribution in [0.15, 0.2) is 63.4 Å². The number of nitrogens with zero attached hydrogens (tertiary/aromatic N) is 4. The number of amides is 1. The van der Waals surface area contributed by atoms with E-state index in [1.807, 2.05) is 36.7 Å². The summed E-state index contributed by atoms with van der Waals surface area (Å²) in [6.45, 7) is 2.87. The first-order chi connectivity index (χ1) is 16.0. The lowest BCUT2D eigenvalue weighted by Gasteiger charge is -2.26. The number of nitrogens with one attached hydrogen (secondary N) is 1. The molecule has 5 rings (SSSR count). The number of carbonyl (C=O) groups is 1. The molecule has 0 fully saturated rings. The Hall–Kier alpha value is -3.50. The van der Waals surface area contributed by atoms with Crippen LogP contribution in [0, 0.1) is 17.0 Å². The maximum absolute atomic E-state index is 13.1. The zero-order valence-corrected chi connectivity index (χ0v) is 19.3. The third kappa shape index (κ3) is 4.27. The molecule has 0 aliphatic carbocycles. The third-order valence-corrected chi connectivity index (χ3v) is 7.61. The van der Waals surface area contributed by atoms with Crippen LogP contribution in [0.2, 0.25) is 0 Å². The molecular weight excluding hydrogens is 458 g/mol. The van der Waals surface area contributed by atoms with Crippen molar-refractivity contribution < 1.29 is 9.72 Å². The number of aryl methyl sites for hydroxylation is 1. The molecule has 10 heteroatoms. The van der Waals surface area contributed by atoms with E-state index in [1.165, 1.54) is 29.2 Å². The molecule has 0 spiro atoms. The fourth-order valence-electron chi connectivity index (χ4n) is 3.86. The molecule has 1 aromatic carbocycles. The van der Waals surface area contributed by atoms with Crippen molar-refractivity contribution in [2.24, 2.45) is 0 Å². The van der Waals surface area contributed by atoms with Gasteiger partial charge < -0.3 is 9.88 Å². The highest BCUT2D eigenvalue weighted by Crippen LogP contribution is 2.37. The van der Waals surface area contributed by atoms with E-state index >= 15 is 0 Å². The van der Waals surface area contributed by atoms with E-state index in [4.69, 9.17) is 0 Å². The van der Waals surface area contributed by atoms with Crippen LogP contribution in [0.4, 0.5) is 5.69 Å². The normalized spacial score (nSPS) is 13.8. The number of pyridine rings is 1. The van der Waals surface area contributed by atoms with Gasteiger partial charge >= 0.3 is 0 Å². The number of hydrogen-bond donors (Lipinski definition) is 1. The van der Waals surface area contributed by atoms with Gasteiger partial charge in [0.25, 0.3) is 11.6 Å². The average molecular weight is 478 g/mol. The number of carbonyl (C=O) groups excluding carboxylic acids is 1. The summed E-state index contributed by atoms with van der Waals surface area (Å²) in [6, 6.07) is 8.59. The number of nitro benzene ring substituents is 1. The van der Waals surface area contributed by atoms with Crippen LogP contribution in [-0.4, -0.2) is 43.8 Å². The quantitative estimate of drug-likeness (QED) is 0.308. The summed E-state index contributed by atoms with van der Waals surface area (Å²) in [6.07, 6.45) is 6.44. The highest BCUT2D eigenvalue weighted by molar-refractivity contribution is 8.01. The Morgan fingerprint density at radius 3 is 2.94 bits per heavy atom. The molecule has 4 heterocycles. The maximum atomic E-state index is 13.1. The maximum Gasteiger partial charge on any atom is 0.284 e. The van der Waals surface area contributed by atoms with Gasteiger partial charge in [0, 0.05) is 59.1 Å². The summed E-state index contributed by atoms with van der Waals surface area (Å²) in [7, 11) is 0. The Morgan fingerprint density at radius 1 is 1.33 bits per heavy atom. The number of H-pyrrole nitrogens is 1. The minimum atomic E-state index is -0.446. The molecule has 8 nitrogen and oxygen atoms in total. The van der Waals surface area contributed by atoms with Crippen molar-refractivity contribution in [3.05, 3.63) is 81.1 Å². The number of aromatic amines is 1. The Kier molecular flexibility index (Phi) is 5.69. The smallest absolute Gasteiger partial charge is 0.284 e. The second-order valence-corrected chi connectivity index (χ2v) is 9.78. The van der Waals surface area contributed by atoms with E-state index in [1.54, 1.807) is 23.2 Å². The van der Waals surface area contributed by atoms with Crippen LogP contribution in [0.1, 0.15) is 28.0 Å². The molecule has 0 atom stereocenters. The molecule has 0 radical (unpaired) electrons. The molecule has 0 unspecified atom stereocenters. The van der Waals surface area contributed by atoms with Crippen molar-refractivity contribution in [3.8, 4) is 0 Å². The van der Waals surface area contributed by atoms with Gasteiger partial charge in [-0.1, -0.05) is 17.8 Å². The highest BCUT2D eigenvalue weighted by atomic mass is 32.2. The third-order valence-electron chi connectivity index (χ3n) is 5.49. The Labute approximate surface area is 197 Å². The second kappa shape index (κ2) is 8.80. The Morgan fingerprint density at radius 2 is 2.21 bits per heavy atom. The zero-order chi connectivity index (χ0) is 22.9. The molecule has 0 saturated carbocycles. The van der Waals surface area contributed by atoms with Gasteiger partial charge in [0.05, 0.1) is 9.82 Å². The Bertz CT molecular complexity index is 1410. The number of thiazole rings is 1. The van der Waals surface area contributed by atoms with Crippen LogP contribution in [0.25, 0.3) is 16.6 Å². The summed E-state index contributed by atoms with van der Waals surface area (Å²) < 4.78 is 0.732. The van der Waals surface area contributed by atoms with E-state index in [0.29, 0.717) is 30.0 Å². The van der Waals surface area contributed by atoms with Gasteiger partial charge in [0.15, 0.2) is 4.34 Å². The van der Waals surface area contributed by atoms with Gasteiger partial charge in [0.2, 0.25) is 0 Å². The van der Waals surface area contributed by atoms with E-state index in [0.717, 1.165) is 32.2 Å². The van der Waals surface area contributed by atoms with Gasteiger partial charge in [-0.05, 0) is 43.2 Å². The van der Waals surface area contributed by atoms with Gasteiger partial charge in [0.1, 0.15) is 5.65 Å². The fourth-order valence-corrected chi connectivity index (χ4v) is 5.73. The molecule has 1 aliphatic heterocycles. The first-order valence-electron chi connectivity index (χ1n) is 10.3. The van der Waals surface area contributed by atoms with Crippen LogP contribution in [0.5, 0.6) is 0 Å². The molecular formula is C23H19N5O3S2. The number of aromatic nitrogens is 3. The molecule has 166 valence electrons. The molecule has 1 amide bonds. The van der Waals surface area contributed by atoms with Crippen LogP contribution in [-0.2, 0) is 0 Å². The van der Waals surface area contributed by atoms with Crippen molar-refractivity contribution in [3.63, 3.8) is 0 Å². The number of rotatable bonds is 5. The second-order valence-electron chi connectivity index (χ2n) is 7.63. The molecule has 0 bridgehead atoms. The van der Waals surface area contributed by atoms with Crippen molar-refractivity contribution in [1.82, 2.24) is 19.9 Å². The molecule has 33 heavy (non-hydrogen) atoms. The number of nitro groups is 1. The zero-order valence-electron chi connectivity index (χ0n) is 17.6. The van der Waals surface area contributed by atoms with E-state index < -0.39 is 4.92 Å². The van der Waals surface area contributed by atoms with Gasteiger partial charge in [-0.15, -0.1) is 11.3 Å². The van der Waals surface area contributed by atoms with Crippen LogP contribution >= 0.6 is 23.1 Å². The highest BCUT2D eigenvalue weighted by Gasteiger charge is 2.24. The lowest BCUT2D eigenvalue weighted by atomic mass is 9.99. The Balaban J connectivity index is 1.35. The summed E-state index contributed by atoms with van der Waals surface area (Å²) in [5, 5.41) is 14.6. The molecule has 1 aliphatic rings. The van der Waals surface area contributed by atoms with Crippen molar-refractivity contribution in [2.45, 2.75) is 22.6 Å². The lowest BCUT2D eigenvalue weighted by molar-refractivity contribution is -0.387. The SMILES string of the molecule is Cc1csc(Sc2ccc(C(=O)N3CC=C(c4c[nH]c5ncccc45)CC3)cc2[N+](=O)[O-])n1. The summed E-state index contributed by atoms with van der Waals surface area (Å²) in [5.74, 6) is -0.212. The van der Waals surface area contributed by atoms with E-state index in [9.17, 15) is 14.9 Å². The van der Waals surface area contributed by atoms with Crippen molar-refractivity contribution in [1.29, 1.82) is 0 Å². The average Bonchev–Trinajstić information content (AvgIpc) is 3.45. The van der Waals surface area contributed by atoms with E-state index in [2.05, 4.69) is 15.0 Å². The first kappa shape index (κ1) is 21.4. The van der Waals surface area contributed by atoms with Gasteiger partial charge in [-0.2, -0.15) is 0 Å². The topological polar surface area (TPSA) is 105 Å². The molecule has 1 N–H and O–H groups in total. The van der Waals surface area contributed by atoms with Crippen molar-refractivity contribution in [2.75, 3.05) is 13.1 Å². The summed E-state index contributed by atoms with van der Waals surface area (Å²) in [5.41, 5.74) is 4.20.